The molecule has 0 unspecified atom stereocenters. The van der Waals surface area contributed by atoms with Crippen LogP contribution in [0.1, 0.15) is 18.4 Å². The number of ether oxygens (including phenoxy) is 1. The molecule has 0 bridgehead atoms. The topological polar surface area (TPSA) is 58.6 Å². The smallest absolute Gasteiger partial charge is 0.220 e. The molecule has 0 atom stereocenters. The summed E-state index contributed by atoms with van der Waals surface area (Å²) in [6, 6.07) is 7.77. The Balaban J connectivity index is 2.16. The number of carbonyl (C=O) groups excluding carboxylic acids is 1. The minimum atomic E-state index is 0.0682. The molecule has 0 spiro atoms. The summed E-state index contributed by atoms with van der Waals surface area (Å²) >= 11 is 1.75. The fraction of sp³-hybridized carbons (Fsp3) is 0.533. The zero-order valence-corrected chi connectivity index (χ0v) is 12.7. The highest BCUT2D eigenvalue weighted by atomic mass is 32.2. The van der Waals surface area contributed by atoms with Gasteiger partial charge in [-0.05, 0) is 30.2 Å². The Bertz CT molecular complexity index is 398. The number of rotatable bonds is 10. The molecule has 5 heteroatoms. The number of methoxy groups -OCH3 is 1. The number of aliphatic hydroxyl groups is 1. The summed E-state index contributed by atoms with van der Waals surface area (Å²) in [6.07, 6.45) is 1.97. The van der Waals surface area contributed by atoms with Crippen LogP contribution in [0.25, 0.3) is 0 Å². The Kier molecular flexibility index (Phi) is 8.91. The minimum Gasteiger partial charge on any atom is -0.496 e. The van der Waals surface area contributed by atoms with Gasteiger partial charge < -0.3 is 15.2 Å². The fourth-order valence-corrected chi connectivity index (χ4v) is 2.56. The first kappa shape index (κ1) is 16.9. The molecule has 0 heterocycles. The van der Waals surface area contributed by atoms with Crippen LogP contribution in [0.5, 0.6) is 5.75 Å². The molecule has 0 aliphatic carbocycles. The van der Waals surface area contributed by atoms with Crippen molar-refractivity contribution in [1.82, 2.24) is 5.32 Å². The predicted molar refractivity (Wildman–Crippen MR) is 83.4 cm³/mol. The standard InChI is InChI=1S/C15H23NO3S/c1-19-14-6-3-2-5-13(14)7-8-15(18)16-9-12-20-11-4-10-17/h2-3,5-6,17H,4,7-12H2,1H3,(H,16,18). The molecule has 0 aromatic heterocycles. The van der Waals surface area contributed by atoms with E-state index < -0.39 is 0 Å². The lowest BCUT2D eigenvalue weighted by Gasteiger charge is -2.08. The number of carbonyl (C=O) groups is 1. The minimum absolute atomic E-state index is 0.0682. The molecule has 0 radical (unpaired) electrons. The van der Waals surface area contributed by atoms with Crippen molar-refractivity contribution in [2.24, 2.45) is 0 Å². The number of aryl methyl sites for hydroxylation is 1. The van der Waals surface area contributed by atoms with Crippen LogP contribution in [0, 0.1) is 0 Å². The highest BCUT2D eigenvalue weighted by molar-refractivity contribution is 7.99. The van der Waals surface area contributed by atoms with E-state index in [-0.39, 0.29) is 12.5 Å². The van der Waals surface area contributed by atoms with Gasteiger partial charge in [0, 0.05) is 25.3 Å². The molecule has 0 saturated carbocycles. The van der Waals surface area contributed by atoms with Crippen molar-refractivity contribution in [1.29, 1.82) is 0 Å². The number of hydrogen-bond donors (Lipinski definition) is 2. The van der Waals surface area contributed by atoms with Crippen LogP contribution in [-0.4, -0.2) is 42.8 Å². The van der Waals surface area contributed by atoms with Gasteiger partial charge >= 0.3 is 0 Å². The van der Waals surface area contributed by atoms with Gasteiger partial charge in [0.05, 0.1) is 7.11 Å². The van der Waals surface area contributed by atoms with E-state index in [1.54, 1.807) is 18.9 Å². The van der Waals surface area contributed by atoms with Gasteiger partial charge in [0.1, 0.15) is 5.75 Å². The van der Waals surface area contributed by atoms with Crippen LogP contribution in [0.2, 0.25) is 0 Å². The molecular weight excluding hydrogens is 274 g/mol. The molecule has 0 aliphatic heterocycles. The van der Waals surface area contributed by atoms with Crippen LogP contribution in [0.4, 0.5) is 0 Å². The Morgan fingerprint density at radius 1 is 1.35 bits per heavy atom. The molecule has 1 rings (SSSR count). The average Bonchev–Trinajstić information content (AvgIpc) is 2.49. The van der Waals surface area contributed by atoms with Gasteiger partial charge in [0.2, 0.25) is 5.91 Å². The second-order valence-corrected chi connectivity index (χ2v) is 5.58. The zero-order valence-electron chi connectivity index (χ0n) is 11.9. The van der Waals surface area contributed by atoms with Gasteiger partial charge in [-0.15, -0.1) is 0 Å². The monoisotopic (exact) mass is 297 g/mol. The molecule has 20 heavy (non-hydrogen) atoms. The molecule has 0 fully saturated rings. The van der Waals surface area contributed by atoms with Crippen LogP contribution in [0.3, 0.4) is 0 Å². The summed E-state index contributed by atoms with van der Waals surface area (Å²) in [5.74, 6) is 2.73. The summed E-state index contributed by atoms with van der Waals surface area (Å²) in [6.45, 7) is 0.916. The number of aliphatic hydroxyl groups excluding tert-OH is 1. The van der Waals surface area contributed by atoms with E-state index in [1.807, 2.05) is 24.3 Å². The van der Waals surface area contributed by atoms with E-state index in [9.17, 15) is 4.79 Å². The number of hydrogen-bond acceptors (Lipinski definition) is 4. The summed E-state index contributed by atoms with van der Waals surface area (Å²) < 4.78 is 5.26. The Labute approximate surface area is 124 Å². The summed E-state index contributed by atoms with van der Waals surface area (Å²) in [7, 11) is 1.64. The van der Waals surface area contributed by atoms with Crippen molar-refractivity contribution in [2.75, 3.05) is 31.8 Å². The molecule has 112 valence electrons. The van der Waals surface area contributed by atoms with Gasteiger partial charge in [-0.3, -0.25) is 4.79 Å². The Hall–Kier alpha value is -1.20. The van der Waals surface area contributed by atoms with E-state index >= 15 is 0 Å². The van der Waals surface area contributed by atoms with Gasteiger partial charge in [0.25, 0.3) is 0 Å². The quantitative estimate of drug-likeness (QED) is 0.647. The van der Waals surface area contributed by atoms with Crippen molar-refractivity contribution in [3.05, 3.63) is 29.8 Å². The maximum absolute atomic E-state index is 11.7. The summed E-state index contributed by atoms with van der Waals surface area (Å²) in [5.41, 5.74) is 1.06. The van der Waals surface area contributed by atoms with Gasteiger partial charge in [-0.1, -0.05) is 18.2 Å². The van der Waals surface area contributed by atoms with Crippen LogP contribution >= 0.6 is 11.8 Å². The maximum atomic E-state index is 11.7. The second-order valence-electron chi connectivity index (χ2n) is 4.35. The lowest BCUT2D eigenvalue weighted by molar-refractivity contribution is -0.120. The van der Waals surface area contributed by atoms with Crippen LogP contribution in [0.15, 0.2) is 24.3 Å². The van der Waals surface area contributed by atoms with Crippen molar-refractivity contribution in [3.63, 3.8) is 0 Å². The van der Waals surface area contributed by atoms with E-state index in [4.69, 9.17) is 9.84 Å². The number of nitrogens with one attached hydrogen (secondary N) is 1. The van der Waals surface area contributed by atoms with E-state index in [0.29, 0.717) is 19.4 Å². The largest absolute Gasteiger partial charge is 0.496 e. The number of thioether (sulfide) groups is 1. The van der Waals surface area contributed by atoms with Crippen LogP contribution < -0.4 is 10.1 Å². The average molecular weight is 297 g/mol. The van der Waals surface area contributed by atoms with Gasteiger partial charge in [0.15, 0.2) is 0 Å². The Morgan fingerprint density at radius 2 is 2.15 bits per heavy atom. The first-order chi connectivity index (χ1) is 9.77. The van der Waals surface area contributed by atoms with Crippen molar-refractivity contribution in [3.8, 4) is 5.75 Å². The SMILES string of the molecule is COc1ccccc1CCC(=O)NCCSCCCO. The van der Waals surface area contributed by atoms with Crippen LogP contribution in [-0.2, 0) is 11.2 Å². The number of para-hydroxylation sites is 1. The van der Waals surface area contributed by atoms with E-state index in [2.05, 4.69) is 5.32 Å². The molecule has 1 aromatic carbocycles. The zero-order chi connectivity index (χ0) is 14.6. The third kappa shape index (κ3) is 6.82. The van der Waals surface area contributed by atoms with Crippen molar-refractivity contribution >= 4 is 17.7 Å². The van der Waals surface area contributed by atoms with Gasteiger partial charge in [-0.25, -0.2) is 0 Å². The molecule has 2 N–H and O–H groups in total. The van der Waals surface area contributed by atoms with Crippen molar-refractivity contribution in [2.45, 2.75) is 19.3 Å². The molecule has 0 aliphatic rings. The number of benzene rings is 1. The number of amides is 1. The highest BCUT2D eigenvalue weighted by Gasteiger charge is 2.05. The maximum Gasteiger partial charge on any atom is 0.220 e. The van der Waals surface area contributed by atoms with Crippen molar-refractivity contribution < 1.29 is 14.6 Å². The molecule has 4 nitrogen and oxygen atoms in total. The third-order valence-corrected chi connectivity index (χ3v) is 3.90. The lowest BCUT2D eigenvalue weighted by Crippen LogP contribution is -2.26. The second kappa shape index (κ2) is 10.6. The lowest BCUT2D eigenvalue weighted by atomic mass is 10.1. The Morgan fingerprint density at radius 3 is 2.90 bits per heavy atom. The summed E-state index contributed by atoms with van der Waals surface area (Å²) in [4.78, 5) is 11.7. The molecular formula is C15H23NO3S. The normalized spacial score (nSPS) is 10.3. The molecule has 1 aromatic rings. The third-order valence-electron chi connectivity index (χ3n) is 2.83. The van der Waals surface area contributed by atoms with Gasteiger partial charge in [-0.2, -0.15) is 11.8 Å². The first-order valence-corrected chi connectivity index (χ1v) is 8.00. The molecule has 0 saturated heterocycles. The highest BCUT2D eigenvalue weighted by Crippen LogP contribution is 2.18. The van der Waals surface area contributed by atoms with E-state index in [1.165, 1.54) is 0 Å². The molecule has 1 amide bonds. The predicted octanol–water partition coefficient (Wildman–Crippen LogP) is 1.86. The van der Waals surface area contributed by atoms with E-state index in [0.717, 1.165) is 29.2 Å². The summed E-state index contributed by atoms with van der Waals surface area (Å²) in [5, 5.41) is 11.5. The first-order valence-electron chi connectivity index (χ1n) is 6.85. The fourth-order valence-electron chi connectivity index (χ4n) is 1.78.